The Kier molecular flexibility index (Phi) is 6.98. The van der Waals surface area contributed by atoms with Crippen LogP contribution in [0.1, 0.15) is 19.3 Å². The lowest BCUT2D eigenvalue weighted by molar-refractivity contribution is -0.118. The molecular formula is C7H14ClNO. The van der Waals surface area contributed by atoms with Crippen LogP contribution in [0.25, 0.3) is 0 Å². The lowest BCUT2D eigenvalue weighted by atomic mass is 10.2. The van der Waals surface area contributed by atoms with Crippen molar-refractivity contribution in [2.45, 2.75) is 19.3 Å². The molecule has 2 nitrogen and oxygen atoms in total. The second-order valence-electron chi connectivity index (χ2n) is 2.22. The maximum atomic E-state index is 10.8. The molecule has 0 aliphatic rings. The zero-order valence-electron chi connectivity index (χ0n) is 6.32. The van der Waals surface area contributed by atoms with Crippen molar-refractivity contribution >= 4 is 17.4 Å². The Labute approximate surface area is 66.9 Å². The molecule has 0 saturated heterocycles. The number of alkyl halides is 1. The molecular weight excluding hydrogens is 150 g/mol. The summed E-state index contributed by atoms with van der Waals surface area (Å²) in [5.74, 6) is 0.930. The van der Waals surface area contributed by atoms with Crippen LogP contribution in [0.3, 0.4) is 0 Å². The van der Waals surface area contributed by atoms with Gasteiger partial charge in [-0.25, -0.2) is 0 Å². The number of rotatable bonds is 6. The molecule has 3 heteroatoms. The molecule has 1 N–H and O–H groups in total. The fourth-order valence-electron chi connectivity index (χ4n) is 0.702. The van der Waals surface area contributed by atoms with Gasteiger partial charge in [-0.05, 0) is 19.9 Å². The maximum absolute atomic E-state index is 10.8. The summed E-state index contributed by atoms with van der Waals surface area (Å²) >= 11 is 5.44. The van der Waals surface area contributed by atoms with Gasteiger partial charge in [0.2, 0.25) is 0 Å². The molecule has 0 amide bonds. The van der Waals surface area contributed by atoms with Crippen LogP contribution in [0.4, 0.5) is 0 Å². The number of unbranched alkanes of at least 4 members (excludes halogenated alkanes) is 1. The minimum atomic E-state index is 0.271. The van der Waals surface area contributed by atoms with Crippen molar-refractivity contribution in [1.82, 2.24) is 5.32 Å². The zero-order chi connectivity index (χ0) is 7.82. The minimum Gasteiger partial charge on any atom is -0.313 e. The molecule has 0 aliphatic carbocycles. The number of nitrogens with one attached hydrogen (secondary N) is 1. The Morgan fingerprint density at radius 3 is 2.70 bits per heavy atom. The number of Topliss-reactive ketones (excluding diaryl/α,β-unsaturated/α-hetero) is 1. The molecule has 0 unspecified atom stereocenters. The summed E-state index contributed by atoms with van der Waals surface area (Å²) in [6.45, 7) is 0.488. The highest BCUT2D eigenvalue weighted by molar-refractivity contribution is 6.17. The van der Waals surface area contributed by atoms with Crippen molar-refractivity contribution in [3.8, 4) is 0 Å². The normalized spacial score (nSPS) is 9.80. The number of hydrogen-bond acceptors (Lipinski definition) is 2. The fourth-order valence-corrected chi connectivity index (χ4v) is 0.891. The molecule has 0 rings (SSSR count). The van der Waals surface area contributed by atoms with E-state index < -0.39 is 0 Å². The lowest BCUT2D eigenvalue weighted by Gasteiger charge is -1.96. The standard InChI is InChI=1S/C7H14ClNO/c1-9-6-7(10)4-2-3-5-8/h9H,2-6H2,1H3. The van der Waals surface area contributed by atoms with Crippen molar-refractivity contribution in [2.75, 3.05) is 19.5 Å². The third-order valence-corrected chi connectivity index (χ3v) is 1.48. The maximum Gasteiger partial charge on any atom is 0.146 e. The Morgan fingerprint density at radius 2 is 2.20 bits per heavy atom. The van der Waals surface area contributed by atoms with Crippen molar-refractivity contribution < 1.29 is 4.79 Å². The first-order chi connectivity index (χ1) is 4.81. The molecule has 0 fully saturated rings. The molecule has 0 heterocycles. The van der Waals surface area contributed by atoms with E-state index in [1.165, 1.54) is 0 Å². The van der Waals surface area contributed by atoms with E-state index in [0.717, 1.165) is 12.8 Å². The molecule has 0 atom stereocenters. The van der Waals surface area contributed by atoms with E-state index in [0.29, 0.717) is 18.8 Å². The monoisotopic (exact) mass is 163 g/mol. The highest BCUT2D eigenvalue weighted by atomic mass is 35.5. The van der Waals surface area contributed by atoms with Gasteiger partial charge in [0.25, 0.3) is 0 Å². The Hall–Kier alpha value is -0.0800. The van der Waals surface area contributed by atoms with E-state index >= 15 is 0 Å². The van der Waals surface area contributed by atoms with Gasteiger partial charge in [0.1, 0.15) is 5.78 Å². The van der Waals surface area contributed by atoms with E-state index in [9.17, 15) is 4.79 Å². The SMILES string of the molecule is CNCC(=O)CCCCCl. The molecule has 0 saturated carbocycles. The van der Waals surface area contributed by atoms with Gasteiger partial charge in [-0.1, -0.05) is 0 Å². The quantitative estimate of drug-likeness (QED) is 0.471. The summed E-state index contributed by atoms with van der Waals surface area (Å²) in [5.41, 5.74) is 0. The number of halogens is 1. The summed E-state index contributed by atoms with van der Waals surface area (Å²) in [6, 6.07) is 0. The average Bonchev–Trinajstić information content (AvgIpc) is 1.89. The predicted molar refractivity (Wildman–Crippen MR) is 43.5 cm³/mol. The smallest absolute Gasteiger partial charge is 0.146 e. The van der Waals surface area contributed by atoms with E-state index in [2.05, 4.69) is 5.32 Å². The van der Waals surface area contributed by atoms with Crippen molar-refractivity contribution in [2.24, 2.45) is 0 Å². The highest BCUT2D eigenvalue weighted by Gasteiger charge is 1.97. The largest absolute Gasteiger partial charge is 0.313 e. The van der Waals surface area contributed by atoms with Crippen LogP contribution in [-0.4, -0.2) is 25.3 Å². The molecule has 0 aromatic heterocycles. The van der Waals surface area contributed by atoms with Crippen LogP contribution < -0.4 is 5.32 Å². The van der Waals surface area contributed by atoms with Gasteiger partial charge in [0.15, 0.2) is 0 Å². The van der Waals surface area contributed by atoms with Gasteiger partial charge in [-0.15, -0.1) is 11.6 Å². The second kappa shape index (κ2) is 7.03. The van der Waals surface area contributed by atoms with E-state index in [1.807, 2.05) is 0 Å². The molecule has 0 bridgehead atoms. The zero-order valence-corrected chi connectivity index (χ0v) is 7.08. The van der Waals surface area contributed by atoms with Crippen LogP contribution in [0, 0.1) is 0 Å². The second-order valence-corrected chi connectivity index (χ2v) is 2.59. The molecule has 0 aromatic carbocycles. The fraction of sp³-hybridized carbons (Fsp3) is 0.857. The number of ketones is 1. The van der Waals surface area contributed by atoms with Crippen LogP contribution >= 0.6 is 11.6 Å². The Morgan fingerprint density at radius 1 is 1.50 bits per heavy atom. The molecule has 0 spiro atoms. The third kappa shape index (κ3) is 6.05. The van der Waals surface area contributed by atoms with Gasteiger partial charge in [-0.2, -0.15) is 0 Å². The van der Waals surface area contributed by atoms with Crippen molar-refractivity contribution in [1.29, 1.82) is 0 Å². The Bertz CT molecular complexity index is 95.6. The summed E-state index contributed by atoms with van der Waals surface area (Å²) in [5, 5.41) is 2.81. The van der Waals surface area contributed by atoms with Crippen LogP contribution in [0.2, 0.25) is 0 Å². The summed E-state index contributed by atoms with van der Waals surface area (Å²) < 4.78 is 0. The van der Waals surface area contributed by atoms with Crippen LogP contribution in [-0.2, 0) is 4.79 Å². The number of carbonyl (C=O) groups excluding carboxylic acids is 1. The number of hydrogen-bond donors (Lipinski definition) is 1. The van der Waals surface area contributed by atoms with E-state index in [-0.39, 0.29) is 5.78 Å². The van der Waals surface area contributed by atoms with Crippen LogP contribution in [0.5, 0.6) is 0 Å². The lowest BCUT2D eigenvalue weighted by Crippen LogP contribution is -2.17. The number of likely N-dealkylation sites (N-methyl/N-ethyl adjacent to an activating group) is 1. The van der Waals surface area contributed by atoms with Gasteiger partial charge in [0.05, 0.1) is 6.54 Å². The van der Waals surface area contributed by atoms with Crippen molar-refractivity contribution in [3.63, 3.8) is 0 Å². The van der Waals surface area contributed by atoms with E-state index in [1.54, 1.807) is 7.05 Å². The van der Waals surface area contributed by atoms with Crippen LogP contribution in [0.15, 0.2) is 0 Å². The average molecular weight is 164 g/mol. The topological polar surface area (TPSA) is 29.1 Å². The highest BCUT2D eigenvalue weighted by Crippen LogP contribution is 1.97. The predicted octanol–water partition coefficient (Wildman–Crippen LogP) is 1.18. The van der Waals surface area contributed by atoms with Gasteiger partial charge in [0, 0.05) is 12.3 Å². The summed E-state index contributed by atoms with van der Waals surface area (Å²) in [4.78, 5) is 10.8. The Balaban J connectivity index is 3.05. The first-order valence-electron chi connectivity index (χ1n) is 3.53. The van der Waals surface area contributed by atoms with Gasteiger partial charge in [-0.3, -0.25) is 4.79 Å². The molecule has 10 heavy (non-hydrogen) atoms. The van der Waals surface area contributed by atoms with E-state index in [4.69, 9.17) is 11.6 Å². The molecule has 0 aromatic rings. The third-order valence-electron chi connectivity index (χ3n) is 1.21. The minimum absolute atomic E-state index is 0.271. The van der Waals surface area contributed by atoms with Gasteiger partial charge < -0.3 is 5.32 Å². The first kappa shape index (κ1) is 9.92. The first-order valence-corrected chi connectivity index (χ1v) is 4.07. The summed E-state index contributed by atoms with van der Waals surface area (Å²) in [6.07, 6.45) is 2.52. The van der Waals surface area contributed by atoms with Gasteiger partial charge >= 0.3 is 0 Å². The molecule has 0 radical (unpaired) electrons. The number of carbonyl (C=O) groups is 1. The molecule has 0 aliphatic heterocycles. The summed E-state index contributed by atoms with van der Waals surface area (Å²) in [7, 11) is 1.78. The molecule has 60 valence electrons. The van der Waals surface area contributed by atoms with Crippen molar-refractivity contribution in [3.05, 3.63) is 0 Å².